The highest BCUT2D eigenvalue weighted by Crippen LogP contribution is 2.12. The summed E-state index contributed by atoms with van der Waals surface area (Å²) in [4.78, 5) is 14.3. The Hall–Kier alpha value is -2.20. The molecule has 1 heterocycles. The van der Waals surface area contributed by atoms with Gasteiger partial charge in [-0.15, -0.1) is 0 Å². The van der Waals surface area contributed by atoms with Gasteiger partial charge >= 0.3 is 0 Å². The molecule has 2 aromatic rings. The maximum absolute atomic E-state index is 13.3. The lowest BCUT2D eigenvalue weighted by atomic mass is 10.0. The Morgan fingerprint density at radius 3 is 2.77 bits per heavy atom. The van der Waals surface area contributed by atoms with Gasteiger partial charge in [0.1, 0.15) is 5.82 Å². The van der Waals surface area contributed by atoms with Crippen LogP contribution in [0.5, 0.6) is 0 Å². The first-order chi connectivity index (χ1) is 10.7. The number of hydrogen-bond acceptors (Lipinski definition) is 2. The van der Waals surface area contributed by atoms with Gasteiger partial charge in [0.15, 0.2) is 0 Å². The molecule has 1 aliphatic rings. The Morgan fingerprint density at radius 2 is 2.00 bits per heavy atom. The third kappa shape index (κ3) is 3.52. The van der Waals surface area contributed by atoms with E-state index < -0.39 is 0 Å². The SMILES string of the molecule is O=C(c1cccc(F)c1)N1CCNC(Cc2ccccc2)C1. The lowest BCUT2D eigenvalue weighted by Gasteiger charge is -2.34. The van der Waals surface area contributed by atoms with Gasteiger partial charge in [-0.2, -0.15) is 0 Å². The van der Waals surface area contributed by atoms with Gasteiger partial charge in [0, 0.05) is 31.2 Å². The van der Waals surface area contributed by atoms with Crippen molar-refractivity contribution in [2.24, 2.45) is 0 Å². The fourth-order valence-corrected chi connectivity index (χ4v) is 2.85. The summed E-state index contributed by atoms with van der Waals surface area (Å²) in [5.41, 5.74) is 1.67. The van der Waals surface area contributed by atoms with Crippen LogP contribution in [0.2, 0.25) is 0 Å². The smallest absolute Gasteiger partial charge is 0.254 e. The van der Waals surface area contributed by atoms with E-state index in [1.807, 2.05) is 18.2 Å². The van der Waals surface area contributed by atoms with Crippen LogP contribution in [0.4, 0.5) is 4.39 Å². The molecule has 1 atom stereocenters. The number of carbonyl (C=O) groups excluding carboxylic acids is 1. The molecule has 114 valence electrons. The molecular weight excluding hydrogens is 279 g/mol. The first kappa shape index (κ1) is 14.7. The van der Waals surface area contributed by atoms with Crippen molar-refractivity contribution >= 4 is 5.91 Å². The van der Waals surface area contributed by atoms with E-state index in [0.717, 1.165) is 13.0 Å². The second-order valence-electron chi connectivity index (χ2n) is 5.60. The van der Waals surface area contributed by atoms with E-state index >= 15 is 0 Å². The normalized spacial score (nSPS) is 18.2. The summed E-state index contributed by atoms with van der Waals surface area (Å²) in [7, 11) is 0. The van der Waals surface area contributed by atoms with Crippen molar-refractivity contribution in [3.8, 4) is 0 Å². The monoisotopic (exact) mass is 298 g/mol. The number of carbonyl (C=O) groups is 1. The average molecular weight is 298 g/mol. The summed E-state index contributed by atoms with van der Waals surface area (Å²) in [6.07, 6.45) is 0.883. The molecule has 1 unspecified atom stereocenters. The molecule has 1 fully saturated rings. The second-order valence-corrected chi connectivity index (χ2v) is 5.60. The number of nitrogens with one attached hydrogen (secondary N) is 1. The van der Waals surface area contributed by atoms with E-state index in [1.165, 1.54) is 17.7 Å². The molecule has 3 nitrogen and oxygen atoms in total. The zero-order valence-corrected chi connectivity index (χ0v) is 12.3. The molecular formula is C18H19FN2O. The molecule has 1 aliphatic heterocycles. The predicted molar refractivity (Wildman–Crippen MR) is 84.2 cm³/mol. The highest BCUT2D eigenvalue weighted by atomic mass is 19.1. The van der Waals surface area contributed by atoms with E-state index in [2.05, 4.69) is 17.4 Å². The van der Waals surface area contributed by atoms with Crippen molar-refractivity contribution in [3.05, 3.63) is 71.5 Å². The van der Waals surface area contributed by atoms with E-state index in [-0.39, 0.29) is 17.8 Å². The quantitative estimate of drug-likeness (QED) is 0.944. The summed E-state index contributed by atoms with van der Waals surface area (Å²) < 4.78 is 13.3. The van der Waals surface area contributed by atoms with Gasteiger partial charge in [-0.25, -0.2) is 4.39 Å². The number of rotatable bonds is 3. The van der Waals surface area contributed by atoms with E-state index in [0.29, 0.717) is 18.7 Å². The number of halogens is 1. The number of hydrogen-bond donors (Lipinski definition) is 1. The van der Waals surface area contributed by atoms with Crippen LogP contribution in [-0.2, 0) is 6.42 Å². The lowest BCUT2D eigenvalue weighted by Crippen LogP contribution is -2.53. The number of piperazine rings is 1. The molecule has 1 amide bonds. The van der Waals surface area contributed by atoms with Gasteiger partial charge in [0.2, 0.25) is 0 Å². The van der Waals surface area contributed by atoms with Crippen LogP contribution in [0.25, 0.3) is 0 Å². The fourth-order valence-electron chi connectivity index (χ4n) is 2.85. The Balaban J connectivity index is 1.66. The molecule has 1 saturated heterocycles. The molecule has 0 spiro atoms. The topological polar surface area (TPSA) is 32.3 Å². The molecule has 0 bridgehead atoms. The third-order valence-electron chi connectivity index (χ3n) is 3.94. The maximum Gasteiger partial charge on any atom is 0.254 e. The standard InChI is InChI=1S/C18H19FN2O/c19-16-8-4-7-15(12-16)18(22)21-10-9-20-17(13-21)11-14-5-2-1-3-6-14/h1-8,12,17,20H,9-11,13H2. The van der Waals surface area contributed by atoms with Gasteiger partial charge in [0.25, 0.3) is 5.91 Å². The van der Waals surface area contributed by atoms with Gasteiger partial charge in [0.05, 0.1) is 0 Å². The van der Waals surface area contributed by atoms with Crippen molar-refractivity contribution in [2.75, 3.05) is 19.6 Å². The minimum atomic E-state index is -0.373. The maximum atomic E-state index is 13.3. The summed E-state index contributed by atoms with van der Waals surface area (Å²) in [6.45, 7) is 2.06. The van der Waals surface area contributed by atoms with E-state index in [4.69, 9.17) is 0 Å². The molecule has 0 aromatic heterocycles. The first-order valence-corrected chi connectivity index (χ1v) is 7.54. The fraction of sp³-hybridized carbons (Fsp3) is 0.278. The Labute approximate surface area is 129 Å². The van der Waals surface area contributed by atoms with Crippen LogP contribution in [0.3, 0.4) is 0 Å². The molecule has 22 heavy (non-hydrogen) atoms. The van der Waals surface area contributed by atoms with Crippen LogP contribution in [0.15, 0.2) is 54.6 Å². The molecule has 0 radical (unpaired) electrons. The summed E-state index contributed by atoms with van der Waals surface area (Å²) in [6, 6.07) is 16.4. The van der Waals surface area contributed by atoms with Gasteiger partial charge in [-0.3, -0.25) is 4.79 Å². The molecule has 3 rings (SSSR count). The Bertz CT molecular complexity index is 645. The second kappa shape index (κ2) is 6.71. The third-order valence-corrected chi connectivity index (χ3v) is 3.94. The van der Waals surface area contributed by atoms with Crippen molar-refractivity contribution in [2.45, 2.75) is 12.5 Å². The van der Waals surface area contributed by atoms with Crippen molar-refractivity contribution in [1.29, 1.82) is 0 Å². The van der Waals surface area contributed by atoms with Crippen molar-refractivity contribution in [1.82, 2.24) is 10.2 Å². The highest BCUT2D eigenvalue weighted by molar-refractivity contribution is 5.94. The van der Waals surface area contributed by atoms with Gasteiger partial charge in [-0.1, -0.05) is 36.4 Å². The molecule has 4 heteroatoms. The van der Waals surface area contributed by atoms with Crippen molar-refractivity contribution in [3.63, 3.8) is 0 Å². The van der Waals surface area contributed by atoms with Crippen LogP contribution < -0.4 is 5.32 Å². The highest BCUT2D eigenvalue weighted by Gasteiger charge is 2.24. The molecule has 0 saturated carbocycles. The van der Waals surface area contributed by atoms with E-state index in [1.54, 1.807) is 17.0 Å². The lowest BCUT2D eigenvalue weighted by molar-refractivity contribution is 0.0702. The Morgan fingerprint density at radius 1 is 1.18 bits per heavy atom. The average Bonchev–Trinajstić information content (AvgIpc) is 2.55. The zero-order chi connectivity index (χ0) is 15.4. The van der Waals surface area contributed by atoms with Crippen LogP contribution >= 0.6 is 0 Å². The summed E-state index contributed by atoms with van der Waals surface area (Å²) in [5.74, 6) is -0.471. The molecule has 1 N–H and O–H groups in total. The predicted octanol–water partition coefficient (Wildman–Crippen LogP) is 2.48. The van der Waals surface area contributed by atoms with Gasteiger partial charge in [-0.05, 0) is 30.2 Å². The Kier molecular flexibility index (Phi) is 4.49. The van der Waals surface area contributed by atoms with Gasteiger partial charge < -0.3 is 10.2 Å². The number of benzene rings is 2. The van der Waals surface area contributed by atoms with Crippen LogP contribution in [0, 0.1) is 5.82 Å². The minimum Gasteiger partial charge on any atom is -0.336 e. The minimum absolute atomic E-state index is 0.0981. The summed E-state index contributed by atoms with van der Waals surface area (Å²) >= 11 is 0. The zero-order valence-electron chi connectivity index (χ0n) is 12.3. The summed E-state index contributed by atoms with van der Waals surface area (Å²) in [5, 5.41) is 3.45. The number of nitrogens with zero attached hydrogens (tertiary/aromatic N) is 1. The largest absolute Gasteiger partial charge is 0.336 e. The van der Waals surface area contributed by atoms with Crippen LogP contribution in [-0.4, -0.2) is 36.5 Å². The van der Waals surface area contributed by atoms with Crippen LogP contribution in [0.1, 0.15) is 15.9 Å². The molecule has 2 aromatic carbocycles. The molecule has 0 aliphatic carbocycles. The van der Waals surface area contributed by atoms with Crippen molar-refractivity contribution < 1.29 is 9.18 Å². The first-order valence-electron chi connectivity index (χ1n) is 7.54. The number of amides is 1. The van der Waals surface area contributed by atoms with E-state index in [9.17, 15) is 9.18 Å².